The lowest BCUT2D eigenvalue weighted by Gasteiger charge is -2.04. The number of ether oxygens (including phenoxy) is 1. The zero-order valence-electron chi connectivity index (χ0n) is 5.99. The predicted molar refractivity (Wildman–Crippen MR) is 38.6 cm³/mol. The van der Waals surface area contributed by atoms with Crippen LogP contribution >= 0.6 is 0 Å². The van der Waals surface area contributed by atoms with Crippen LogP contribution in [0.3, 0.4) is 0 Å². The molecule has 1 aliphatic heterocycles. The van der Waals surface area contributed by atoms with Gasteiger partial charge in [-0.2, -0.15) is 5.26 Å². The molecule has 1 rings (SSSR count). The first-order valence-electron chi connectivity index (χ1n) is 3.33. The van der Waals surface area contributed by atoms with Gasteiger partial charge in [0.2, 0.25) is 0 Å². The monoisotopic (exact) mass is 175 g/mol. The van der Waals surface area contributed by atoms with Crippen LogP contribution < -0.4 is 0 Å². The number of sulfone groups is 1. The quantitative estimate of drug-likeness (QED) is 0.578. The van der Waals surface area contributed by atoms with Crippen LogP contribution in [0.25, 0.3) is 0 Å². The molecule has 0 saturated carbocycles. The fourth-order valence-corrected chi connectivity index (χ4v) is 2.18. The molecule has 1 aliphatic rings. The standard InChI is InChI=1S/C6H9NO3S/c7-2-4-11(8,9)6-1-3-10-5-6/h6H,1,3-5H2/t6-/m1/s1. The Balaban J connectivity index is 2.65. The van der Waals surface area contributed by atoms with Gasteiger partial charge in [-0.25, -0.2) is 8.42 Å². The van der Waals surface area contributed by atoms with Crippen molar-refractivity contribution < 1.29 is 13.2 Å². The SMILES string of the molecule is N#CCS(=O)(=O)[C@@H]1CCOC1. The molecule has 1 saturated heterocycles. The minimum Gasteiger partial charge on any atom is -0.380 e. The van der Waals surface area contributed by atoms with E-state index in [2.05, 4.69) is 0 Å². The summed E-state index contributed by atoms with van der Waals surface area (Å²) in [6.45, 7) is 0.749. The van der Waals surface area contributed by atoms with Crippen LogP contribution in [0.4, 0.5) is 0 Å². The Hall–Kier alpha value is -0.600. The van der Waals surface area contributed by atoms with E-state index in [1.54, 1.807) is 6.07 Å². The molecule has 0 N–H and O–H groups in total. The van der Waals surface area contributed by atoms with Gasteiger partial charge >= 0.3 is 0 Å². The smallest absolute Gasteiger partial charge is 0.168 e. The summed E-state index contributed by atoms with van der Waals surface area (Å²) in [7, 11) is -3.20. The van der Waals surface area contributed by atoms with Crippen LogP contribution in [0.15, 0.2) is 0 Å². The van der Waals surface area contributed by atoms with Crippen molar-refractivity contribution in [2.45, 2.75) is 11.7 Å². The van der Waals surface area contributed by atoms with Gasteiger partial charge in [-0.05, 0) is 6.42 Å². The lowest BCUT2D eigenvalue weighted by atomic mass is 10.4. The number of hydrogen-bond donors (Lipinski definition) is 0. The van der Waals surface area contributed by atoms with Crippen LogP contribution in [0.2, 0.25) is 0 Å². The zero-order chi connectivity index (χ0) is 8.32. The van der Waals surface area contributed by atoms with Gasteiger partial charge < -0.3 is 4.74 Å². The highest BCUT2D eigenvalue weighted by Crippen LogP contribution is 2.13. The molecule has 62 valence electrons. The van der Waals surface area contributed by atoms with Crippen LogP contribution in [0.1, 0.15) is 6.42 Å². The molecule has 0 aliphatic carbocycles. The number of rotatable bonds is 2. The molecule has 4 nitrogen and oxygen atoms in total. The van der Waals surface area contributed by atoms with E-state index in [4.69, 9.17) is 10.00 Å². The van der Waals surface area contributed by atoms with Gasteiger partial charge in [0.05, 0.1) is 17.9 Å². The van der Waals surface area contributed by atoms with Gasteiger partial charge in [0.15, 0.2) is 9.84 Å². The number of nitriles is 1. The summed E-state index contributed by atoms with van der Waals surface area (Å²) in [5.41, 5.74) is 0. The molecule has 1 fully saturated rings. The summed E-state index contributed by atoms with van der Waals surface area (Å²) < 4.78 is 27.2. The van der Waals surface area contributed by atoms with Crippen molar-refractivity contribution in [3.8, 4) is 6.07 Å². The first-order valence-corrected chi connectivity index (χ1v) is 5.04. The van der Waals surface area contributed by atoms with Crippen molar-refractivity contribution in [3.05, 3.63) is 0 Å². The molecule has 5 heteroatoms. The van der Waals surface area contributed by atoms with E-state index in [1.165, 1.54) is 0 Å². The predicted octanol–water partition coefficient (Wildman–Crippen LogP) is -0.286. The van der Waals surface area contributed by atoms with E-state index in [0.29, 0.717) is 13.0 Å². The lowest BCUT2D eigenvalue weighted by Crippen LogP contribution is -2.23. The minimum absolute atomic E-state index is 0.254. The minimum atomic E-state index is -3.20. The number of hydrogen-bond acceptors (Lipinski definition) is 4. The molecule has 0 aromatic rings. The van der Waals surface area contributed by atoms with Gasteiger partial charge in [0, 0.05) is 6.61 Å². The Bertz CT molecular complexity index is 258. The number of nitrogens with zero attached hydrogens (tertiary/aromatic N) is 1. The summed E-state index contributed by atoms with van der Waals surface area (Å²) in [5.74, 6) is -0.388. The van der Waals surface area contributed by atoms with Gasteiger partial charge in [-0.1, -0.05) is 0 Å². The Kier molecular flexibility index (Phi) is 2.47. The van der Waals surface area contributed by atoms with Gasteiger partial charge in [0.1, 0.15) is 5.75 Å². The summed E-state index contributed by atoms with van der Waals surface area (Å²) in [6.07, 6.45) is 0.532. The first kappa shape index (κ1) is 8.50. The van der Waals surface area contributed by atoms with Crippen LogP contribution in [0, 0.1) is 11.3 Å². The molecule has 0 aromatic heterocycles. The lowest BCUT2D eigenvalue weighted by molar-refractivity contribution is 0.198. The molecule has 1 heterocycles. The average Bonchev–Trinajstić information content (AvgIpc) is 2.37. The van der Waals surface area contributed by atoms with Gasteiger partial charge in [-0.3, -0.25) is 0 Å². The van der Waals surface area contributed by atoms with E-state index in [0.717, 1.165) is 0 Å². The molecule has 0 radical (unpaired) electrons. The van der Waals surface area contributed by atoms with Crippen molar-refractivity contribution in [2.75, 3.05) is 19.0 Å². The summed E-state index contributed by atoms with van der Waals surface area (Å²) >= 11 is 0. The highest BCUT2D eigenvalue weighted by molar-refractivity contribution is 7.92. The van der Waals surface area contributed by atoms with Crippen LogP contribution in [-0.2, 0) is 14.6 Å². The van der Waals surface area contributed by atoms with Crippen molar-refractivity contribution in [2.24, 2.45) is 0 Å². The third kappa shape index (κ3) is 1.91. The molecular weight excluding hydrogens is 166 g/mol. The fourth-order valence-electron chi connectivity index (χ4n) is 1.00. The van der Waals surface area contributed by atoms with Crippen molar-refractivity contribution in [3.63, 3.8) is 0 Å². The van der Waals surface area contributed by atoms with E-state index in [-0.39, 0.29) is 12.4 Å². The summed E-state index contributed by atoms with van der Waals surface area (Å²) in [6, 6.07) is 1.64. The molecule has 0 bridgehead atoms. The van der Waals surface area contributed by atoms with Crippen molar-refractivity contribution >= 4 is 9.84 Å². The Morgan fingerprint density at radius 2 is 2.36 bits per heavy atom. The molecule has 1 atom stereocenters. The maximum absolute atomic E-state index is 11.1. The molecule has 0 aromatic carbocycles. The topological polar surface area (TPSA) is 67.2 Å². The third-order valence-corrected chi connectivity index (χ3v) is 3.58. The normalized spacial score (nSPS) is 24.8. The second-order valence-corrected chi connectivity index (χ2v) is 4.73. The van der Waals surface area contributed by atoms with Crippen molar-refractivity contribution in [1.82, 2.24) is 0 Å². The fraction of sp³-hybridized carbons (Fsp3) is 0.833. The summed E-state index contributed by atoms with van der Waals surface area (Å²) in [4.78, 5) is 0. The maximum Gasteiger partial charge on any atom is 0.168 e. The maximum atomic E-state index is 11.1. The van der Waals surface area contributed by atoms with Gasteiger partial charge in [-0.15, -0.1) is 0 Å². The Morgan fingerprint density at radius 3 is 2.82 bits per heavy atom. The van der Waals surface area contributed by atoms with Crippen LogP contribution in [0.5, 0.6) is 0 Å². The van der Waals surface area contributed by atoms with E-state index >= 15 is 0 Å². The van der Waals surface area contributed by atoms with E-state index < -0.39 is 15.1 Å². The molecule has 0 unspecified atom stereocenters. The Morgan fingerprint density at radius 1 is 1.64 bits per heavy atom. The summed E-state index contributed by atoms with van der Waals surface area (Å²) in [5, 5.41) is 7.75. The highest BCUT2D eigenvalue weighted by Gasteiger charge is 2.28. The average molecular weight is 175 g/mol. The molecule has 11 heavy (non-hydrogen) atoms. The molecule has 0 spiro atoms. The molecular formula is C6H9NO3S. The van der Waals surface area contributed by atoms with Crippen LogP contribution in [-0.4, -0.2) is 32.6 Å². The largest absolute Gasteiger partial charge is 0.380 e. The second-order valence-electron chi connectivity index (χ2n) is 2.45. The Labute approximate surface area is 65.7 Å². The molecule has 0 amide bonds. The highest BCUT2D eigenvalue weighted by atomic mass is 32.2. The van der Waals surface area contributed by atoms with Gasteiger partial charge in [0.25, 0.3) is 0 Å². The first-order chi connectivity index (χ1) is 5.17. The van der Waals surface area contributed by atoms with Crippen molar-refractivity contribution in [1.29, 1.82) is 5.26 Å². The van der Waals surface area contributed by atoms with E-state index in [1.807, 2.05) is 0 Å². The van der Waals surface area contributed by atoms with E-state index in [9.17, 15) is 8.42 Å². The second kappa shape index (κ2) is 3.20. The third-order valence-electron chi connectivity index (χ3n) is 1.66. The zero-order valence-corrected chi connectivity index (χ0v) is 6.80.